The zero-order chi connectivity index (χ0) is 11.0. The zero-order valence-corrected chi connectivity index (χ0v) is 10.8. The minimum atomic E-state index is -0.799. The molecule has 0 fully saturated rings. The van der Waals surface area contributed by atoms with Crippen LogP contribution < -0.4 is 0 Å². The van der Waals surface area contributed by atoms with Gasteiger partial charge in [0.25, 0.3) is 0 Å². The second-order valence-electron chi connectivity index (χ2n) is 2.92. The van der Waals surface area contributed by atoms with E-state index in [2.05, 4.69) is 26.2 Å². The van der Waals surface area contributed by atoms with Crippen molar-refractivity contribution in [3.8, 4) is 0 Å². The Balaban J connectivity index is 2.45. The van der Waals surface area contributed by atoms with Gasteiger partial charge in [0, 0.05) is 7.05 Å². The molecular formula is C8H7BrClN3OS. The molecule has 2 aromatic rings. The quantitative estimate of drug-likeness (QED) is 0.926. The van der Waals surface area contributed by atoms with Gasteiger partial charge in [0.2, 0.25) is 0 Å². The number of nitrogens with zero attached hydrogens (tertiary/aromatic N) is 3. The van der Waals surface area contributed by atoms with E-state index in [9.17, 15) is 5.11 Å². The number of aliphatic hydroxyl groups is 1. The van der Waals surface area contributed by atoms with E-state index in [0.29, 0.717) is 20.2 Å². The Labute approximate surface area is 104 Å². The molecule has 0 aromatic carbocycles. The maximum Gasteiger partial charge on any atom is 0.154 e. The van der Waals surface area contributed by atoms with E-state index in [1.807, 2.05) is 5.38 Å². The van der Waals surface area contributed by atoms with Gasteiger partial charge in [0.1, 0.15) is 11.8 Å². The molecule has 0 bridgehead atoms. The maximum atomic E-state index is 10.1. The van der Waals surface area contributed by atoms with Gasteiger partial charge in [-0.25, -0.2) is 4.68 Å². The highest BCUT2D eigenvalue weighted by atomic mass is 79.9. The van der Waals surface area contributed by atoms with Crippen molar-refractivity contribution in [3.63, 3.8) is 0 Å². The number of rotatable bonds is 2. The van der Waals surface area contributed by atoms with E-state index in [-0.39, 0.29) is 0 Å². The van der Waals surface area contributed by atoms with Crippen molar-refractivity contribution in [2.24, 2.45) is 7.05 Å². The second kappa shape index (κ2) is 4.21. The van der Waals surface area contributed by atoms with E-state index in [1.165, 1.54) is 16.0 Å². The highest BCUT2D eigenvalue weighted by Gasteiger charge is 2.22. The van der Waals surface area contributed by atoms with Gasteiger partial charge >= 0.3 is 0 Å². The first-order chi connectivity index (χ1) is 7.11. The number of thiophene rings is 1. The highest BCUT2D eigenvalue weighted by Crippen LogP contribution is 2.34. The van der Waals surface area contributed by atoms with E-state index in [1.54, 1.807) is 13.1 Å². The van der Waals surface area contributed by atoms with Crippen molar-refractivity contribution < 1.29 is 5.11 Å². The molecule has 2 rings (SSSR count). The number of halogens is 2. The molecular weight excluding hydrogens is 302 g/mol. The molecule has 0 radical (unpaired) electrons. The summed E-state index contributed by atoms with van der Waals surface area (Å²) in [7, 11) is 1.72. The van der Waals surface area contributed by atoms with Gasteiger partial charge in [-0.05, 0) is 27.4 Å². The highest BCUT2D eigenvalue weighted by molar-refractivity contribution is 9.10. The van der Waals surface area contributed by atoms with E-state index in [4.69, 9.17) is 11.6 Å². The molecule has 80 valence electrons. The Kier molecular flexibility index (Phi) is 3.11. The average Bonchev–Trinajstić information content (AvgIpc) is 2.73. The Morgan fingerprint density at radius 3 is 2.87 bits per heavy atom. The minimum absolute atomic E-state index is 0.530. The van der Waals surface area contributed by atoms with E-state index >= 15 is 0 Å². The van der Waals surface area contributed by atoms with Crippen LogP contribution in [-0.2, 0) is 7.05 Å². The summed E-state index contributed by atoms with van der Waals surface area (Å²) in [5.41, 5.74) is 0.597. The van der Waals surface area contributed by atoms with Crippen molar-refractivity contribution in [3.05, 3.63) is 31.6 Å². The summed E-state index contributed by atoms with van der Waals surface area (Å²) in [5, 5.41) is 20.1. The van der Waals surface area contributed by atoms with Crippen LogP contribution in [0.3, 0.4) is 0 Å². The number of aromatic nitrogens is 3. The van der Waals surface area contributed by atoms with Gasteiger partial charge in [-0.15, -0.1) is 16.4 Å². The molecule has 2 aromatic heterocycles. The van der Waals surface area contributed by atoms with Gasteiger partial charge in [0.15, 0.2) is 4.60 Å². The SMILES string of the molecule is Cn1nnc(Br)c1C(O)c1sccc1Cl. The normalized spacial score (nSPS) is 13.1. The summed E-state index contributed by atoms with van der Waals surface area (Å²) < 4.78 is 2.05. The third kappa shape index (κ3) is 1.94. The minimum Gasteiger partial charge on any atom is -0.381 e. The van der Waals surface area contributed by atoms with Crippen LogP contribution in [-0.4, -0.2) is 20.1 Å². The summed E-state index contributed by atoms with van der Waals surface area (Å²) in [6.45, 7) is 0. The smallest absolute Gasteiger partial charge is 0.154 e. The lowest BCUT2D eigenvalue weighted by atomic mass is 10.2. The summed E-state index contributed by atoms with van der Waals surface area (Å²) in [4.78, 5) is 0.697. The third-order valence-electron chi connectivity index (χ3n) is 1.98. The van der Waals surface area contributed by atoms with Gasteiger partial charge in [-0.2, -0.15) is 0 Å². The molecule has 7 heteroatoms. The Morgan fingerprint density at radius 2 is 2.40 bits per heavy atom. The van der Waals surface area contributed by atoms with Crippen LogP contribution in [0, 0.1) is 0 Å². The molecule has 0 amide bonds. The Bertz CT molecular complexity index is 464. The standard InChI is InChI=1S/C8H7BrClN3OS/c1-13-5(8(9)11-12-13)6(14)7-4(10)2-3-15-7/h2-3,6,14H,1H3. The summed E-state index contributed by atoms with van der Waals surface area (Å²) in [5.74, 6) is 0. The fraction of sp³-hybridized carbons (Fsp3) is 0.250. The number of hydrogen-bond donors (Lipinski definition) is 1. The van der Waals surface area contributed by atoms with Crippen LogP contribution in [0.2, 0.25) is 5.02 Å². The Morgan fingerprint density at radius 1 is 1.67 bits per heavy atom. The number of aryl methyl sites for hydroxylation is 1. The van der Waals surface area contributed by atoms with Gasteiger partial charge in [-0.3, -0.25) is 0 Å². The summed E-state index contributed by atoms with van der Waals surface area (Å²) in [6, 6.07) is 1.75. The fourth-order valence-electron chi connectivity index (χ4n) is 1.25. The topological polar surface area (TPSA) is 50.9 Å². The second-order valence-corrected chi connectivity index (χ2v) is 5.03. The van der Waals surface area contributed by atoms with Crippen LogP contribution in [0.15, 0.2) is 16.0 Å². The molecule has 1 N–H and O–H groups in total. The van der Waals surface area contributed by atoms with Crippen molar-refractivity contribution >= 4 is 38.9 Å². The molecule has 15 heavy (non-hydrogen) atoms. The van der Waals surface area contributed by atoms with E-state index in [0.717, 1.165) is 0 Å². The third-order valence-corrected chi connectivity index (χ3v) is 3.95. The first-order valence-electron chi connectivity index (χ1n) is 4.07. The van der Waals surface area contributed by atoms with Crippen LogP contribution in [0.25, 0.3) is 0 Å². The average molecular weight is 309 g/mol. The van der Waals surface area contributed by atoms with Crippen molar-refractivity contribution in [1.29, 1.82) is 0 Å². The number of hydrogen-bond acceptors (Lipinski definition) is 4. The summed E-state index contributed by atoms with van der Waals surface area (Å²) >= 11 is 10.6. The van der Waals surface area contributed by atoms with E-state index < -0.39 is 6.10 Å². The monoisotopic (exact) mass is 307 g/mol. The molecule has 0 aliphatic carbocycles. The van der Waals surface area contributed by atoms with Crippen molar-refractivity contribution in [2.45, 2.75) is 6.10 Å². The van der Waals surface area contributed by atoms with Gasteiger partial charge in [-0.1, -0.05) is 16.8 Å². The lowest BCUT2D eigenvalue weighted by molar-refractivity contribution is 0.213. The summed E-state index contributed by atoms with van der Waals surface area (Å²) in [6.07, 6.45) is -0.799. The van der Waals surface area contributed by atoms with Crippen LogP contribution in [0.4, 0.5) is 0 Å². The van der Waals surface area contributed by atoms with Crippen LogP contribution in [0.1, 0.15) is 16.7 Å². The maximum absolute atomic E-state index is 10.1. The fourth-order valence-corrected chi connectivity index (χ4v) is 2.94. The molecule has 0 aliphatic rings. The first-order valence-corrected chi connectivity index (χ1v) is 6.12. The lowest BCUT2D eigenvalue weighted by Crippen LogP contribution is -2.06. The predicted octanol–water partition coefficient (Wildman–Crippen LogP) is 2.37. The first kappa shape index (κ1) is 11.1. The van der Waals surface area contributed by atoms with Gasteiger partial charge in [0.05, 0.1) is 9.90 Å². The van der Waals surface area contributed by atoms with Crippen molar-refractivity contribution in [1.82, 2.24) is 15.0 Å². The molecule has 0 spiro atoms. The van der Waals surface area contributed by atoms with Crippen LogP contribution >= 0.6 is 38.9 Å². The lowest BCUT2D eigenvalue weighted by Gasteiger charge is -2.09. The van der Waals surface area contributed by atoms with Crippen LogP contribution in [0.5, 0.6) is 0 Å². The van der Waals surface area contributed by atoms with Crippen molar-refractivity contribution in [2.75, 3.05) is 0 Å². The largest absolute Gasteiger partial charge is 0.381 e. The molecule has 0 aliphatic heterocycles. The predicted molar refractivity (Wildman–Crippen MR) is 62.1 cm³/mol. The Hall–Kier alpha value is -0.430. The molecule has 0 saturated carbocycles. The molecule has 0 saturated heterocycles. The molecule has 4 nitrogen and oxygen atoms in total. The molecule has 1 unspecified atom stereocenters. The zero-order valence-electron chi connectivity index (χ0n) is 7.69. The van der Waals surface area contributed by atoms with Gasteiger partial charge < -0.3 is 5.11 Å². The molecule has 1 atom stereocenters. The number of aliphatic hydroxyl groups excluding tert-OH is 1. The molecule has 2 heterocycles.